The van der Waals surface area contributed by atoms with Gasteiger partial charge in [0, 0.05) is 39.1 Å². The van der Waals surface area contributed by atoms with E-state index < -0.39 is 67.0 Å². The minimum absolute atomic E-state index is 0.00215. The second kappa shape index (κ2) is 14.5. The average Bonchev–Trinajstić information content (AvgIpc) is 2.79. The Labute approximate surface area is 225 Å². The summed E-state index contributed by atoms with van der Waals surface area (Å²) in [6, 6.07) is 3.93. The molecule has 1 saturated heterocycles. The van der Waals surface area contributed by atoms with E-state index in [9.17, 15) is 24.0 Å². The van der Waals surface area contributed by atoms with Gasteiger partial charge < -0.3 is 33.7 Å². The van der Waals surface area contributed by atoms with Gasteiger partial charge in [-0.15, -0.1) is 0 Å². The first-order valence-corrected chi connectivity index (χ1v) is 12.2. The lowest BCUT2D eigenvalue weighted by Gasteiger charge is -2.44. The molecule has 38 heavy (non-hydrogen) atoms. The number of ether oxygens (including phenoxy) is 6. The molecule has 13 heteroatoms. The number of aryl methyl sites for hydroxylation is 1. The highest BCUT2D eigenvalue weighted by Crippen LogP contribution is 2.28. The predicted octanol–water partition coefficient (Wildman–Crippen LogP) is 2.01. The third-order valence-corrected chi connectivity index (χ3v) is 5.49. The molecule has 1 fully saturated rings. The van der Waals surface area contributed by atoms with Crippen molar-refractivity contribution in [2.45, 2.75) is 78.1 Å². The fourth-order valence-electron chi connectivity index (χ4n) is 3.77. The van der Waals surface area contributed by atoms with Crippen LogP contribution < -0.4 is 10.1 Å². The van der Waals surface area contributed by atoms with E-state index in [2.05, 4.69) is 5.32 Å². The smallest absolute Gasteiger partial charge is 0.305 e. The van der Waals surface area contributed by atoms with Crippen LogP contribution in [0.15, 0.2) is 18.2 Å². The molecule has 210 valence electrons. The van der Waals surface area contributed by atoms with Crippen molar-refractivity contribution in [2.75, 3.05) is 13.2 Å². The van der Waals surface area contributed by atoms with Crippen LogP contribution in [0.25, 0.3) is 0 Å². The second-order valence-corrected chi connectivity index (χ2v) is 8.99. The molecule has 12 nitrogen and oxygen atoms in total. The lowest BCUT2D eigenvalue weighted by atomic mass is 9.95. The Hall–Kier alpha value is -3.38. The van der Waals surface area contributed by atoms with Gasteiger partial charge >= 0.3 is 23.9 Å². The fraction of sp³-hybridized carbons (Fsp3) is 0.560. The summed E-state index contributed by atoms with van der Waals surface area (Å²) in [5.74, 6) is -2.76. The van der Waals surface area contributed by atoms with E-state index in [4.69, 9.17) is 40.0 Å². The number of hydrogen-bond acceptors (Lipinski definition) is 11. The van der Waals surface area contributed by atoms with Crippen LogP contribution in [-0.2, 0) is 47.7 Å². The highest BCUT2D eigenvalue weighted by atomic mass is 35.5. The van der Waals surface area contributed by atoms with Gasteiger partial charge in [-0.05, 0) is 37.1 Å². The number of rotatable bonds is 11. The van der Waals surface area contributed by atoms with Crippen LogP contribution in [0.4, 0.5) is 0 Å². The van der Waals surface area contributed by atoms with E-state index in [0.717, 1.165) is 33.3 Å². The van der Waals surface area contributed by atoms with Gasteiger partial charge in [0.2, 0.25) is 12.2 Å². The molecule has 2 rings (SSSR count). The van der Waals surface area contributed by atoms with Crippen LogP contribution in [0.5, 0.6) is 5.75 Å². The van der Waals surface area contributed by atoms with Gasteiger partial charge in [0.25, 0.3) is 0 Å². The average molecular weight is 558 g/mol. The lowest BCUT2D eigenvalue weighted by molar-refractivity contribution is -0.271. The minimum Gasteiger partial charge on any atom is -0.493 e. The summed E-state index contributed by atoms with van der Waals surface area (Å²) in [6.45, 7) is 6.20. The molecule has 0 saturated carbocycles. The fourth-order valence-corrected chi connectivity index (χ4v) is 3.99. The SMILES string of the molecule is CC(=O)OCC1OC(OC(C)=O)C(NC(=O)CCCOc2ccc(Cl)cc2C)C(OC(C)=O)C1OC(C)=O. The maximum Gasteiger partial charge on any atom is 0.305 e. The maximum absolute atomic E-state index is 12.8. The first kappa shape index (κ1) is 30.8. The number of hydrogen-bond donors (Lipinski definition) is 1. The Bertz CT molecular complexity index is 1030. The monoisotopic (exact) mass is 557 g/mol. The summed E-state index contributed by atoms with van der Waals surface area (Å²) in [5, 5.41) is 3.22. The van der Waals surface area contributed by atoms with Crippen molar-refractivity contribution in [2.24, 2.45) is 0 Å². The summed E-state index contributed by atoms with van der Waals surface area (Å²) in [4.78, 5) is 59.7. The first-order chi connectivity index (χ1) is 17.9. The van der Waals surface area contributed by atoms with Crippen LogP contribution in [0.2, 0.25) is 5.02 Å². The largest absolute Gasteiger partial charge is 0.493 e. The van der Waals surface area contributed by atoms with Crippen LogP contribution in [0.3, 0.4) is 0 Å². The standard InChI is InChI=1S/C25H32ClNO11/c1-13-11-18(26)8-9-19(13)33-10-6-7-21(32)27-22-24(36-16(4)30)23(35-15(3)29)20(12-34-14(2)28)38-25(22)37-17(5)31/h8-9,11,20,22-25H,6-7,10,12H2,1-5H3,(H,27,32). The molecule has 0 bridgehead atoms. The third kappa shape index (κ3) is 9.82. The maximum atomic E-state index is 12.8. The molecular weight excluding hydrogens is 526 g/mol. The van der Waals surface area contributed by atoms with Crippen molar-refractivity contribution >= 4 is 41.4 Å². The van der Waals surface area contributed by atoms with Gasteiger partial charge in [0.1, 0.15) is 24.5 Å². The van der Waals surface area contributed by atoms with Crippen molar-refractivity contribution in [3.05, 3.63) is 28.8 Å². The van der Waals surface area contributed by atoms with E-state index >= 15 is 0 Å². The van der Waals surface area contributed by atoms with E-state index in [0.29, 0.717) is 17.2 Å². The number of benzene rings is 1. The Morgan fingerprint density at radius 3 is 2.13 bits per heavy atom. The quantitative estimate of drug-likeness (QED) is 0.241. The summed E-state index contributed by atoms with van der Waals surface area (Å²) >= 11 is 5.95. The first-order valence-electron chi connectivity index (χ1n) is 11.9. The molecule has 5 atom stereocenters. The minimum atomic E-state index is -1.44. The van der Waals surface area contributed by atoms with E-state index in [1.807, 2.05) is 6.92 Å². The van der Waals surface area contributed by atoms with E-state index in [1.165, 1.54) is 0 Å². The molecule has 0 aromatic heterocycles. The topological polar surface area (TPSA) is 153 Å². The molecule has 5 unspecified atom stereocenters. The zero-order valence-corrected chi connectivity index (χ0v) is 22.6. The normalized spacial score (nSPS) is 22.5. The molecule has 0 spiro atoms. The van der Waals surface area contributed by atoms with Crippen molar-refractivity contribution in [3.63, 3.8) is 0 Å². The molecule has 1 aliphatic rings. The number of esters is 4. The third-order valence-electron chi connectivity index (χ3n) is 5.25. The van der Waals surface area contributed by atoms with Gasteiger partial charge in [0.05, 0.1) is 6.61 Å². The molecule has 1 N–H and O–H groups in total. The highest BCUT2D eigenvalue weighted by molar-refractivity contribution is 6.30. The molecule has 0 radical (unpaired) electrons. The van der Waals surface area contributed by atoms with E-state index in [1.54, 1.807) is 18.2 Å². The molecular formula is C25H32ClNO11. The van der Waals surface area contributed by atoms with Gasteiger partial charge in [-0.2, -0.15) is 0 Å². The Morgan fingerprint density at radius 1 is 0.921 bits per heavy atom. The van der Waals surface area contributed by atoms with Crippen LogP contribution in [-0.4, -0.2) is 73.6 Å². The zero-order chi connectivity index (χ0) is 28.4. The highest BCUT2D eigenvalue weighted by Gasteiger charge is 2.52. The van der Waals surface area contributed by atoms with Crippen molar-refractivity contribution in [1.82, 2.24) is 5.32 Å². The number of amides is 1. The molecule has 1 aromatic carbocycles. The van der Waals surface area contributed by atoms with Crippen LogP contribution in [0.1, 0.15) is 46.1 Å². The number of carbonyl (C=O) groups is 5. The Kier molecular flexibility index (Phi) is 11.8. The molecule has 0 aliphatic carbocycles. The summed E-state index contributed by atoms with van der Waals surface area (Å²) in [5.41, 5.74) is 0.842. The molecule has 1 heterocycles. The Balaban J connectivity index is 2.17. The van der Waals surface area contributed by atoms with Crippen molar-refractivity contribution in [3.8, 4) is 5.75 Å². The van der Waals surface area contributed by atoms with Gasteiger partial charge in [-0.1, -0.05) is 11.6 Å². The van der Waals surface area contributed by atoms with Crippen LogP contribution >= 0.6 is 11.6 Å². The summed E-state index contributed by atoms with van der Waals surface area (Å²) in [7, 11) is 0. The summed E-state index contributed by atoms with van der Waals surface area (Å²) < 4.78 is 32.4. The second-order valence-electron chi connectivity index (χ2n) is 8.56. The Morgan fingerprint density at radius 2 is 1.55 bits per heavy atom. The van der Waals surface area contributed by atoms with Crippen molar-refractivity contribution < 1.29 is 52.4 Å². The predicted molar refractivity (Wildman–Crippen MR) is 131 cm³/mol. The number of nitrogens with one attached hydrogen (secondary N) is 1. The molecule has 1 amide bonds. The van der Waals surface area contributed by atoms with Gasteiger partial charge in [-0.3, -0.25) is 24.0 Å². The van der Waals surface area contributed by atoms with Gasteiger partial charge in [-0.25, -0.2) is 0 Å². The summed E-state index contributed by atoms with van der Waals surface area (Å²) in [6.07, 6.45) is -4.91. The zero-order valence-electron chi connectivity index (χ0n) is 21.8. The van der Waals surface area contributed by atoms with Crippen LogP contribution in [0, 0.1) is 6.92 Å². The molecule has 1 aromatic rings. The number of carbonyl (C=O) groups excluding carboxylic acids is 5. The lowest BCUT2D eigenvalue weighted by Crippen LogP contribution is -2.67. The van der Waals surface area contributed by atoms with Gasteiger partial charge in [0.15, 0.2) is 12.2 Å². The molecule has 1 aliphatic heterocycles. The van der Waals surface area contributed by atoms with Crippen molar-refractivity contribution in [1.29, 1.82) is 0 Å². The number of halogens is 1. The van der Waals surface area contributed by atoms with E-state index in [-0.39, 0.29) is 13.0 Å².